The van der Waals surface area contributed by atoms with Crippen molar-refractivity contribution in [3.05, 3.63) is 58.9 Å². The molecule has 0 aliphatic carbocycles. The summed E-state index contributed by atoms with van der Waals surface area (Å²) >= 11 is 5.67. The van der Waals surface area contributed by atoms with E-state index in [2.05, 4.69) is 10.3 Å². The standard InChI is InChI=1S/C13H8ClF3N2O/c14-9-1-2-10(13(15,16)17)11(7-9)19-12(20)8-3-5-18-6-4-8/h1-7H,(H,19,20). The van der Waals surface area contributed by atoms with Crippen molar-refractivity contribution in [3.63, 3.8) is 0 Å². The summed E-state index contributed by atoms with van der Waals surface area (Å²) < 4.78 is 38.5. The van der Waals surface area contributed by atoms with E-state index in [1.165, 1.54) is 24.5 Å². The molecule has 1 aromatic heterocycles. The number of alkyl halides is 3. The molecule has 0 fully saturated rings. The van der Waals surface area contributed by atoms with Gasteiger partial charge in [-0.25, -0.2) is 0 Å². The van der Waals surface area contributed by atoms with Gasteiger partial charge in [-0.1, -0.05) is 11.6 Å². The highest BCUT2D eigenvalue weighted by Gasteiger charge is 2.34. The van der Waals surface area contributed by atoms with Crippen LogP contribution in [-0.2, 0) is 6.18 Å². The third-order valence-corrected chi connectivity index (χ3v) is 2.71. The van der Waals surface area contributed by atoms with Gasteiger partial charge in [0.15, 0.2) is 0 Å². The van der Waals surface area contributed by atoms with E-state index in [0.29, 0.717) is 0 Å². The van der Waals surface area contributed by atoms with E-state index in [0.717, 1.165) is 18.2 Å². The molecular formula is C13H8ClF3N2O. The number of hydrogen-bond donors (Lipinski definition) is 1. The Hall–Kier alpha value is -2.08. The van der Waals surface area contributed by atoms with Crippen LogP contribution in [0.4, 0.5) is 18.9 Å². The fourth-order valence-electron chi connectivity index (χ4n) is 1.56. The second-order valence-corrected chi connectivity index (χ2v) is 4.31. The minimum atomic E-state index is -4.58. The number of anilines is 1. The molecular weight excluding hydrogens is 293 g/mol. The largest absolute Gasteiger partial charge is 0.418 e. The summed E-state index contributed by atoms with van der Waals surface area (Å²) in [5.74, 6) is -0.667. The number of halogens is 4. The topological polar surface area (TPSA) is 42.0 Å². The van der Waals surface area contributed by atoms with Crippen LogP contribution >= 0.6 is 11.6 Å². The lowest BCUT2D eigenvalue weighted by Crippen LogP contribution is -2.16. The van der Waals surface area contributed by atoms with Gasteiger partial charge in [0.25, 0.3) is 5.91 Å². The van der Waals surface area contributed by atoms with Gasteiger partial charge in [0, 0.05) is 23.0 Å². The molecule has 0 unspecified atom stereocenters. The SMILES string of the molecule is O=C(Nc1cc(Cl)ccc1C(F)(F)F)c1ccncc1. The Morgan fingerprint density at radius 1 is 1.15 bits per heavy atom. The molecule has 1 aromatic carbocycles. The first kappa shape index (κ1) is 14.3. The Morgan fingerprint density at radius 3 is 2.40 bits per heavy atom. The molecule has 0 radical (unpaired) electrons. The molecule has 2 rings (SSSR count). The first-order valence-corrected chi connectivity index (χ1v) is 5.84. The second-order valence-electron chi connectivity index (χ2n) is 3.88. The molecule has 0 aliphatic heterocycles. The monoisotopic (exact) mass is 300 g/mol. The third-order valence-electron chi connectivity index (χ3n) is 2.48. The van der Waals surface area contributed by atoms with E-state index in [1.54, 1.807) is 0 Å². The number of amides is 1. The zero-order valence-corrected chi connectivity index (χ0v) is 10.7. The van der Waals surface area contributed by atoms with Crippen molar-refractivity contribution in [2.24, 2.45) is 0 Å². The van der Waals surface area contributed by atoms with Crippen molar-refractivity contribution in [2.45, 2.75) is 6.18 Å². The molecule has 7 heteroatoms. The fourth-order valence-corrected chi connectivity index (χ4v) is 1.74. The van der Waals surface area contributed by atoms with Gasteiger partial charge in [-0.15, -0.1) is 0 Å². The van der Waals surface area contributed by atoms with Crippen molar-refractivity contribution < 1.29 is 18.0 Å². The zero-order valence-electron chi connectivity index (χ0n) is 9.91. The lowest BCUT2D eigenvalue weighted by atomic mass is 10.1. The van der Waals surface area contributed by atoms with Crippen LogP contribution in [0.5, 0.6) is 0 Å². The van der Waals surface area contributed by atoms with Gasteiger partial charge < -0.3 is 5.32 Å². The quantitative estimate of drug-likeness (QED) is 0.910. The lowest BCUT2D eigenvalue weighted by Gasteiger charge is -2.14. The molecule has 1 amide bonds. The first-order valence-electron chi connectivity index (χ1n) is 5.46. The summed E-state index contributed by atoms with van der Waals surface area (Å²) in [4.78, 5) is 15.6. The molecule has 0 saturated heterocycles. The number of aromatic nitrogens is 1. The van der Waals surface area contributed by atoms with Crippen molar-refractivity contribution in [3.8, 4) is 0 Å². The van der Waals surface area contributed by atoms with Gasteiger partial charge in [0.05, 0.1) is 11.3 Å². The highest BCUT2D eigenvalue weighted by molar-refractivity contribution is 6.31. The van der Waals surface area contributed by atoms with Crippen LogP contribution in [0.2, 0.25) is 5.02 Å². The number of carbonyl (C=O) groups excluding carboxylic acids is 1. The average molecular weight is 301 g/mol. The summed E-state index contributed by atoms with van der Waals surface area (Å²) in [5, 5.41) is 2.30. The second kappa shape index (κ2) is 5.50. The van der Waals surface area contributed by atoms with Gasteiger partial charge in [-0.2, -0.15) is 13.2 Å². The van der Waals surface area contributed by atoms with E-state index in [9.17, 15) is 18.0 Å². The smallest absolute Gasteiger partial charge is 0.321 e. The predicted molar refractivity (Wildman–Crippen MR) is 68.6 cm³/mol. The number of pyridine rings is 1. The Kier molecular flexibility index (Phi) is 3.94. The summed E-state index contributed by atoms with van der Waals surface area (Å²) in [7, 11) is 0. The number of nitrogens with zero attached hydrogens (tertiary/aromatic N) is 1. The van der Waals surface area contributed by atoms with Gasteiger partial charge >= 0.3 is 6.18 Å². The molecule has 1 heterocycles. The summed E-state index contributed by atoms with van der Waals surface area (Å²) in [6, 6.07) is 5.79. The third kappa shape index (κ3) is 3.27. The van der Waals surface area contributed by atoms with E-state index in [1.807, 2.05) is 0 Å². The molecule has 104 valence electrons. The first-order chi connectivity index (χ1) is 9.38. The number of hydrogen-bond acceptors (Lipinski definition) is 2. The van der Waals surface area contributed by atoms with Gasteiger partial charge in [0.2, 0.25) is 0 Å². The minimum Gasteiger partial charge on any atom is -0.321 e. The zero-order chi connectivity index (χ0) is 14.8. The molecule has 0 bridgehead atoms. The van der Waals surface area contributed by atoms with E-state index < -0.39 is 17.6 Å². The maximum atomic E-state index is 12.8. The van der Waals surface area contributed by atoms with Gasteiger partial charge in [0.1, 0.15) is 0 Å². The summed E-state index contributed by atoms with van der Waals surface area (Å²) in [6.07, 6.45) is -1.83. The van der Waals surface area contributed by atoms with E-state index in [-0.39, 0.29) is 16.3 Å². The highest BCUT2D eigenvalue weighted by Crippen LogP contribution is 2.36. The number of carbonyl (C=O) groups is 1. The molecule has 0 aliphatic rings. The van der Waals surface area contributed by atoms with Crippen molar-refractivity contribution in [2.75, 3.05) is 5.32 Å². The average Bonchev–Trinajstić information content (AvgIpc) is 2.38. The van der Waals surface area contributed by atoms with Crippen LogP contribution in [0.1, 0.15) is 15.9 Å². The van der Waals surface area contributed by atoms with Crippen LogP contribution in [0.3, 0.4) is 0 Å². The minimum absolute atomic E-state index is 0.100. The summed E-state index contributed by atoms with van der Waals surface area (Å²) in [5.41, 5.74) is -1.13. The van der Waals surface area contributed by atoms with E-state index in [4.69, 9.17) is 11.6 Å². The fraction of sp³-hybridized carbons (Fsp3) is 0.0769. The molecule has 20 heavy (non-hydrogen) atoms. The number of rotatable bonds is 2. The van der Waals surface area contributed by atoms with Crippen LogP contribution in [0, 0.1) is 0 Å². The summed E-state index contributed by atoms with van der Waals surface area (Å²) in [6.45, 7) is 0. The van der Waals surface area contributed by atoms with Crippen LogP contribution in [0.25, 0.3) is 0 Å². The lowest BCUT2D eigenvalue weighted by molar-refractivity contribution is -0.136. The van der Waals surface area contributed by atoms with E-state index >= 15 is 0 Å². The number of benzene rings is 1. The Bertz CT molecular complexity index is 629. The Balaban J connectivity index is 2.34. The van der Waals surface area contributed by atoms with Crippen molar-refractivity contribution in [1.29, 1.82) is 0 Å². The molecule has 0 saturated carbocycles. The molecule has 2 aromatic rings. The predicted octanol–water partition coefficient (Wildman–Crippen LogP) is 4.01. The molecule has 1 N–H and O–H groups in total. The van der Waals surface area contributed by atoms with Crippen molar-refractivity contribution in [1.82, 2.24) is 4.98 Å². The van der Waals surface area contributed by atoms with Gasteiger partial charge in [-0.3, -0.25) is 9.78 Å². The van der Waals surface area contributed by atoms with Crippen molar-refractivity contribution >= 4 is 23.2 Å². The normalized spacial score (nSPS) is 11.2. The molecule has 0 spiro atoms. The maximum absolute atomic E-state index is 12.8. The van der Waals surface area contributed by atoms with Crippen LogP contribution < -0.4 is 5.32 Å². The molecule has 0 atom stereocenters. The highest BCUT2D eigenvalue weighted by atomic mass is 35.5. The maximum Gasteiger partial charge on any atom is 0.418 e. The van der Waals surface area contributed by atoms with Gasteiger partial charge in [-0.05, 0) is 30.3 Å². The van der Waals surface area contributed by atoms with Crippen LogP contribution in [0.15, 0.2) is 42.7 Å². The Labute approximate surface area is 117 Å². The molecule has 3 nitrogen and oxygen atoms in total. The number of nitrogens with one attached hydrogen (secondary N) is 1. The van der Waals surface area contributed by atoms with Crippen LogP contribution in [-0.4, -0.2) is 10.9 Å². The Morgan fingerprint density at radius 2 is 1.80 bits per heavy atom.